The van der Waals surface area contributed by atoms with Crippen molar-refractivity contribution in [2.24, 2.45) is 0 Å². The van der Waals surface area contributed by atoms with E-state index in [0.717, 1.165) is 0 Å². The van der Waals surface area contributed by atoms with Crippen molar-refractivity contribution < 1.29 is 19.1 Å². The van der Waals surface area contributed by atoms with Gasteiger partial charge in [-0.3, -0.25) is 4.79 Å². The lowest BCUT2D eigenvalue weighted by molar-refractivity contribution is -0.136. The molecule has 0 saturated carbocycles. The molecule has 1 aromatic heterocycles. The lowest BCUT2D eigenvalue weighted by Gasteiger charge is -1.99. The third kappa shape index (κ3) is 2.60. The Balaban J connectivity index is 2.26. The Kier molecular flexibility index (Phi) is 3.04. The molecule has 6 nitrogen and oxygen atoms in total. The van der Waals surface area contributed by atoms with E-state index >= 15 is 0 Å². The minimum Gasteiger partial charge on any atom is -0.497 e. The number of methoxy groups -OCH3 is 1. The van der Waals surface area contributed by atoms with Crippen molar-refractivity contribution in [3.63, 3.8) is 0 Å². The predicted molar refractivity (Wildman–Crippen MR) is 57.6 cm³/mol. The summed E-state index contributed by atoms with van der Waals surface area (Å²) in [4.78, 5) is 10.5. The van der Waals surface area contributed by atoms with E-state index in [0.29, 0.717) is 11.3 Å². The van der Waals surface area contributed by atoms with E-state index in [1.807, 2.05) is 0 Å². The molecule has 0 fully saturated rings. The van der Waals surface area contributed by atoms with Crippen molar-refractivity contribution in [1.82, 2.24) is 10.2 Å². The molecule has 2 rings (SSSR count). The Bertz CT molecular complexity index is 536. The van der Waals surface area contributed by atoms with E-state index in [9.17, 15) is 4.79 Å². The molecule has 0 amide bonds. The minimum absolute atomic E-state index is 0.0790. The minimum atomic E-state index is -1.01. The highest BCUT2D eigenvalue weighted by Crippen LogP contribution is 2.22. The molecular weight excluding hydrogens is 224 g/mol. The number of nitrogens with zero attached hydrogens (tertiary/aromatic N) is 2. The summed E-state index contributed by atoms with van der Waals surface area (Å²) in [6.45, 7) is 0. The topological polar surface area (TPSA) is 85.5 Å². The Labute approximate surface area is 96.9 Å². The van der Waals surface area contributed by atoms with E-state index in [1.54, 1.807) is 31.4 Å². The van der Waals surface area contributed by atoms with Crippen LogP contribution in [-0.2, 0) is 11.2 Å². The molecular formula is C11H10N2O4. The van der Waals surface area contributed by atoms with Gasteiger partial charge in [0.1, 0.15) is 12.2 Å². The van der Waals surface area contributed by atoms with Gasteiger partial charge in [-0.15, -0.1) is 10.2 Å². The van der Waals surface area contributed by atoms with Crippen LogP contribution in [0.4, 0.5) is 0 Å². The van der Waals surface area contributed by atoms with Crippen LogP contribution in [0.15, 0.2) is 28.7 Å². The number of carboxylic acid groups (broad SMARTS) is 1. The molecule has 0 spiro atoms. The first kappa shape index (κ1) is 11.1. The number of rotatable bonds is 4. The molecule has 1 N–H and O–H groups in total. The van der Waals surface area contributed by atoms with Crippen molar-refractivity contribution in [1.29, 1.82) is 0 Å². The first-order valence-corrected chi connectivity index (χ1v) is 4.87. The van der Waals surface area contributed by atoms with Gasteiger partial charge in [0, 0.05) is 5.56 Å². The van der Waals surface area contributed by atoms with Gasteiger partial charge in [-0.25, -0.2) is 0 Å². The number of aliphatic carboxylic acids is 1. The molecule has 2 aromatic rings. The zero-order valence-corrected chi connectivity index (χ0v) is 9.08. The van der Waals surface area contributed by atoms with Gasteiger partial charge in [-0.05, 0) is 18.2 Å². The molecule has 0 aliphatic rings. The van der Waals surface area contributed by atoms with Crippen LogP contribution in [0, 0.1) is 0 Å². The van der Waals surface area contributed by atoms with Gasteiger partial charge in [0.2, 0.25) is 11.8 Å². The van der Waals surface area contributed by atoms with Crippen molar-refractivity contribution in [3.8, 4) is 17.2 Å². The SMILES string of the molecule is COc1cccc(-c2nnc(CC(=O)O)o2)c1. The van der Waals surface area contributed by atoms with Gasteiger partial charge >= 0.3 is 5.97 Å². The summed E-state index contributed by atoms with van der Waals surface area (Å²) in [6, 6.07) is 7.09. The molecule has 0 saturated heterocycles. The predicted octanol–water partition coefficient (Wildman–Crippen LogP) is 1.37. The van der Waals surface area contributed by atoms with E-state index in [1.165, 1.54) is 0 Å². The quantitative estimate of drug-likeness (QED) is 0.859. The van der Waals surface area contributed by atoms with Crippen LogP contribution in [0.2, 0.25) is 0 Å². The van der Waals surface area contributed by atoms with Crippen LogP contribution in [0.5, 0.6) is 5.75 Å². The highest BCUT2D eigenvalue weighted by molar-refractivity contribution is 5.68. The Morgan fingerprint density at radius 2 is 2.29 bits per heavy atom. The van der Waals surface area contributed by atoms with E-state index in [2.05, 4.69) is 10.2 Å². The van der Waals surface area contributed by atoms with Gasteiger partial charge < -0.3 is 14.3 Å². The van der Waals surface area contributed by atoms with Gasteiger partial charge in [0.15, 0.2) is 0 Å². The number of hydrogen-bond donors (Lipinski definition) is 1. The first-order valence-electron chi connectivity index (χ1n) is 4.87. The summed E-state index contributed by atoms with van der Waals surface area (Å²) in [5.41, 5.74) is 0.688. The van der Waals surface area contributed by atoms with Crippen LogP contribution in [0.25, 0.3) is 11.5 Å². The average Bonchev–Trinajstić information content (AvgIpc) is 2.77. The zero-order chi connectivity index (χ0) is 12.3. The molecule has 6 heteroatoms. The fourth-order valence-electron chi connectivity index (χ4n) is 1.33. The molecule has 0 aliphatic heterocycles. The maximum Gasteiger partial charge on any atom is 0.312 e. The maximum atomic E-state index is 10.5. The maximum absolute atomic E-state index is 10.5. The molecule has 0 bridgehead atoms. The molecule has 0 radical (unpaired) electrons. The molecule has 0 aliphatic carbocycles. The van der Waals surface area contributed by atoms with Crippen LogP contribution in [0.1, 0.15) is 5.89 Å². The van der Waals surface area contributed by atoms with E-state index < -0.39 is 5.97 Å². The zero-order valence-electron chi connectivity index (χ0n) is 9.08. The Morgan fingerprint density at radius 3 is 3.00 bits per heavy atom. The van der Waals surface area contributed by atoms with Crippen molar-refractivity contribution >= 4 is 5.97 Å². The van der Waals surface area contributed by atoms with Crippen molar-refractivity contribution in [3.05, 3.63) is 30.2 Å². The second-order valence-corrected chi connectivity index (χ2v) is 3.30. The van der Waals surface area contributed by atoms with E-state index in [4.69, 9.17) is 14.3 Å². The highest BCUT2D eigenvalue weighted by atomic mass is 16.5. The Hall–Kier alpha value is -2.37. The number of carboxylic acids is 1. The number of ether oxygens (including phenoxy) is 1. The smallest absolute Gasteiger partial charge is 0.312 e. The van der Waals surface area contributed by atoms with Crippen LogP contribution < -0.4 is 4.74 Å². The normalized spacial score (nSPS) is 10.2. The number of aromatic nitrogens is 2. The summed E-state index contributed by atoms with van der Waals surface area (Å²) in [7, 11) is 1.56. The average molecular weight is 234 g/mol. The second kappa shape index (κ2) is 4.65. The molecule has 0 atom stereocenters. The molecule has 1 heterocycles. The standard InChI is InChI=1S/C11H10N2O4/c1-16-8-4-2-3-7(5-8)11-13-12-9(17-11)6-10(14)15/h2-5H,6H2,1H3,(H,14,15). The summed E-state index contributed by atoms with van der Waals surface area (Å²) >= 11 is 0. The fourth-order valence-corrected chi connectivity index (χ4v) is 1.33. The van der Waals surface area contributed by atoms with Gasteiger partial charge in [0.25, 0.3) is 0 Å². The van der Waals surface area contributed by atoms with Crippen molar-refractivity contribution in [2.75, 3.05) is 7.11 Å². The summed E-state index contributed by atoms with van der Waals surface area (Å²) in [6.07, 6.45) is -0.281. The van der Waals surface area contributed by atoms with Gasteiger partial charge in [0.05, 0.1) is 7.11 Å². The molecule has 17 heavy (non-hydrogen) atoms. The lowest BCUT2D eigenvalue weighted by atomic mass is 10.2. The number of hydrogen-bond acceptors (Lipinski definition) is 5. The van der Waals surface area contributed by atoms with Gasteiger partial charge in [-0.2, -0.15) is 0 Å². The monoisotopic (exact) mass is 234 g/mol. The summed E-state index contributed by atoms with van der Waals surface area (Å²) in [5, 5.41) is 16.0. The van der Waals surface area contributed by atoms with Crippen LogP contribution >= 0.6 is 0 Å². The third-order valence-electron chi connectivity index (χ3n) is 2.09. The lowest BCUT2D eigenvalue weighted by Crippen LogP contribution is -1.99. The molecule has 88 valence electrons. The summed E-state index contributed by atoms with van der Waals surface area (Å²) in [5.74, 6) is 0.0156. The highest BCUT2D eigenvalue weighted by Gasteiger charge is 2.11. The second-order valence-electron chi connectivity index (χ2n) is 3.30. The number of benzene rings is 1. The third-order valence-corrected chi connectivity index (χ3v) is 2.09. The largest absolute Gasteiger partial charge is 0.497 e. The van der Waals surface area contributed by atoms with Gasteiger partial charge in [-0.1, -0.05) is 6.07 Å². The Morgan fingerprint density at radius 1 is 1.47 bits per heavy atom. The molecule has 1 aromatic carbocycles. The number of carbonyl (C=O) groups is 1. The first-order chi connectivity index (χ1) is 8.19. The van der Waals surface area contributed by atoms with Crippen LogP contribution in [0.3, 0.4) is 0 Å². The molecule has 0 unspecified atom stereocenters. The van der Waals surface area contributed by atoms with E-state index in [-0.39, 0.29) is 18.2 Å². The van der Waals surface area contributed by atoms with Crippen LogP contribution in [-0.4, -0.2) is 28.4 Å². The fraction of sp³-hybridized carbons (Fsp3) is 0.182. The van der Waals surface area contributed by atoms with Crippen molar-refractivity contribution in [2.45, 2.75) is 6.42 Å². The summed E-state index contributed by atoms with van der Waals surface area (Å²) < 4.78 is 10.3.